The summed E-state index contributed by atoms with van der Waals surface area (Å²) in [6, 6.07) is 4.02. The summed E-state index contributed by atoms with van der Waals surface area (Å²) in [7, 11) is 0. The lowest BCUT2D eigenvalue weighted by Crippen LogP contribution is -2.56. The smallest absolute Gasteiger partial charge is 0.413 e. The summed E-state index contributed by atoms with van der Waals surface area (Å²) < 4.78 is 82.2. The molecule has 0 unspecified atom stereocenters. The molecule has 0 N–H and O–H groups in total. The van der Waals surface area contributed by atoms with Gasteiger partial charge in [-0.25, -0.2) is 0 Å². The highest BCUT2D eigenvalue weighted by molar-refractivity contribution is 5.81. The highest BCUT2D eigenvalue weighted by Crippen LogP contribution is 2.53. The minimum atomic E-state index is -5.81. The maximum absolute atomic E-state index is 13.0. The molecule has 22 heavy (non-hydrogen) atoms. The van der Waals surface area contributed by atoms with Gasteiger partial charge in [0.25, 0.3) is 5.41 Å². The maximum Gasteiger partial charge on any atom is 0.413 e. The van der Waals surface area contributed by atoms with Gasteiger partial charge in [0, 0.05) is 0 Å². The van der Waals surface area contributed by atoms with Crippen molar-refractivity contribution in [3.05, 3.63) is 29.3 Å². The molecule has 1 aromatic carbocycles. The Balaban J connectivity index is 3.30. The van der Waals surface area contributed by atoms with Crippen LogP contribution in [-0.2, 0) is 4.79 Å². The van der Waals surface area contributed by atoms with Crippen LogP contribution >= 0.6 is 0 Å². The third-order valence-electron chi connectivity index (χ3n) is 3.25. The molecule has 8 heteroatoms. The zero-order chi connectivity index (χ0) is 17.3. The van der Waals surface area contributed by atoms with Gasteiger partial charge in [0.2, 0.25) is 0 Å². The van der Waals surface area contributed by atoms with Gasteiger partial charge in [-0.2, -0.15) is 26.3 Å². The summed E-state index contributed by atoms with van der Waals surface area (Å²) in [6.45, 7) is 3.79. The third kappa shape index (κ3) is 3.20. The van der Waals surface area contributed by atoms with Gasteiger partial charge in [0.1, 0.15) is 5.75 Å². The van der Waals surface area contributed by atoms with E-state index in [1.807, 2.05) is 0 Å². The van der Waals surface area contributed by atoms with Crippen LogP contribution in [0.15, 0.2) is 18.2 Å². The Morgan fingerprint density at radius 3 is 1.68 bits per heavy atom. The normalized spacial score (nSPS) is 13.1. The van der Waals surface area contributed by atoms with E-state index >= 15 is 0 Å². The van der Waals surface area contributed by atoms with Crippen molar-refractivity contribution in [2.45, 2.75) is 39.5 Å². The Kier molecular flexibility index (Phi) is 4.84. The lowest BCUT2D eigenvalue weighted by molar-refractivity contribution is -0.330. The fourth-order valence-electron chi connectivity index (χ4n) is 2.12. The van der Waals surface area contributed by atoms with Crippen LogP contribution in [0.4, 0.5) is 26.3 Å². The fraction of sp³-hybridized carbons (Fsp3) is 0.500. The molecule has 0 amide bonds. The molecular formula is C14H14F6O2. The number of carbonyl (C=O) groups excluding carboxylic acids is 1. The molecule has 0 radical (unpaired) electrons. The predicted molar refractivity (Wildman–Crippen MR) is 66.4 cm³/mol. The first-order valence-electron chi connectivity index (χ1n) is 6.29. The molecule has 0 fully saturated rings. The quantitative estimate of drug-likeness (QED) is 0.455. The second-order valence-corrected chi connectivity index (χ2v) is 4.97. The van der Waals surface area contributed by atoms with E-state index in [-0.39, 0.29) is 5.75 Å². The Labute approximate surface area is 123 Å². The Morgan fingerprint density at radius 2 is 1.36 bits per heavy atom. The highest BCUT2D eigenvalue weighted by Gasteiger charge is 2.75. The van der Waals surface area contributed by atoms with E-state index in [2.05, 4.69) is 4.74 Å². The summed E-state index contributed by atoms with van der Waals surface area (Å²) >= 11 is 0. The van der Waals surface area contributed by atoms with Crippen molar-refractivity contribution < 1.29 is 35.9 Å². The Bertz CT molecular complexity index is 525. The predicted octanol–water partition coefficient (Wildman–Crippen LogP) is 4.73. The van der Waals surface area contributed by atoms with E-state index in [4.69, 9.17) is 0 Å². The molecule has 0 saturated heterocycles. The summed E-state index contributed by atoms with van der Waals surface area (Å²) in [5.74, 6) is -2.73. The molecule has 0 aliphatic heterocycles. The van der Waals surface area contributed by atoms with Crippen molar-refractivity contribution in [3.8, 4) is 5.75 Å². The molecule has 0 spiro atoms. The number of halogens is 6. The number of hydrogen-bond acceptors (Lipinski definition) is 2. The second kappa shape index (κ2) is 5.81. The molecule has 2 nitrogen and oxygen atoms in total. The van der Waals surface area contributed by atoms with Crippen LogP contribution in [0.25, 0.3) is 0 Å². The standard InChI is InChI=1S/C14H14F6O2/c1-4-12(13(15,16)17,14(18,19)20)11(21)22-10-6-8(2)5-9(3)7-10/h5-7H,4H2,1-3H3. The molecule has 0 aromatic heterocycles. The molecule has 0 heterocycles. The van der Waals surface area contributed by atoms with Gasteiger partial charge in [-0.05, 0) is 43.5 Å². The van der Waals surface area contributed by atoms with Crippen LogP contribution in [-0.4, -0.2) is 18.3 Å². The van der Waals surface area contributed by atoms with Gasteiger partial charge in [0.05, 0.1) is 0 Å². The van der Waals surface area contributed by atoms with Crippen LogP contribution < -0.4 is 4.74 Å². The van der Waals surface area contributed by atoms with Crippen LogP contribution in [0.5, 0.6) is 5.75 Å². The largest absolute Gasteiger partial charge is 0.426 e. The van der Waals surface area contributed by atoms with Gasteiger partial charge < -0.3 is 4.74 Å². The van der Waals surface area contributed by atoms with Gasteiger partial charge in [-0.1, -0.05) is 13.0 Å². The number of ether oxygens (including phenoxy) is 1. The van der Waals surface area contributed by atoms with Crippen molar-refractivity contribution >= 4 is 5.97 Å². The monoisotopic (exact) mass is 328 g/mol. The van der Waals surface area contributed by atoms with Gasteiger partial charge in [0.15, 0.2) is 0 Å². The maximum atomic E-state index is 13.0. The van der Waals surface area contributed by atoms with Gasteiger partial charge in [-0.3, -0.25) is 4.79 Å². The molecule has 124 valence electrons. The van der Waals surface area contributed by atoms with Crippen molar-refractivity contribution in [1.82, 2.24) is 0 Å². The number of alkyl halides is 6. The van der Waals surface area contributed by atoms with E-state index in [9.17, 15) is 31.1 Å². The first-order chi connectivity index (χ1) is 9.85. The van der Waals surface area contributed by atoms with Crippen molar-refractivity contribution in [3.63, 3.8) is 0 Å². The first kappa shape index (κ1) is 18.3. The molecule has 0 saturated carbocycles. The lowest BCUT2D eigenvalue weighted by Gasteiger charge is -2.33. The summed E-state index contributed by atoms with van der Waals surface area (Å²) in [5.41, 5.74) is -3.45. The molecule has 0 bridgehead atoms. The summed E-state index contributed by atoms with van der Waals surface area (Å²) in [6.07, 6.45) is -13.1. The Hall–Kier alpha value is -1.73. The third-order valence-corrected chi connectivity index (χ3v) is 3.25. The number of carbonyl (C=O) groups is 1. The van der Waals surface area contributed by atoms with Gasteiger partial charge >= 0.3 is 18.3 Å². The zero-order valence-corrected chi connectivity index (χ0v) is 12.0. The zero-order valence-electron chi connectivity index (χ0n) is 12.0. The first-order valence-corrected chi connectivity index (χ1v) is 6.29. The summed E-state index contributed by atoms with van der Waals surface area (Å²) in [4.78, 5) is 11.7. The molecule has 0 aliphatic rings. The van der Waals surface area contributed by atoms with E-state index in [0.717, 1.165) is 0 Å². The second-order valence-electron chi connectivity index (χ2n) is 4.97. The SMILES string of the molecule is CCC(C(=O)Oc1cc(C)cc(C)c1)(C(F)(F)F)C(F)(F)F. The number of rotatable bonds is 3. The van der Waals surface area contributed by atoms with E-state index in [0.29, 0.717) is 18.1 Å². The summed E-state index contributed by atoms with van der Waals surface area (Å²) in [5, 5.41) is 0. The minimum absolute atomic E-state index is 0.353. The van der Waals surface area contributed by atoms with Crippen LogP contribution in [0.3, 0.4) is 0 Å². The van der Waals surface area contributed by atoms with E-state index < -0.39 is 30.2 Å². The van der Waals surface area contributed by atoms with Crippen LogP contribution in [0, 0.1) is 19.3 Å². The minimum Gasteiger partial charge on any atom is -0.426 e. The number of esters is 1. The molecule has 1 aromatic rings. The molecular weight excluding hydrogens is 314 g/mol. The number of hydrogen-bond donors (Lipinski definition) is 0. The number of aryl methyl sites for hydroxylation is 2. The number of benzene rings is 1. The highest BCUT2D eigenvalue weighted by atomic mass is 19.4. The van der Waals surface area contributed by atoms with Crippen molar-refractivity contribution in [2.24, 2.45) is 5.41 Å². The molecule has 0 atom stereocenters. The topological polar surface area (TPSA) is 26.3 Å². The molecule has 0 aliphatic carbocycles. The molecule has 1 rings (SSSR count). The van der Waals surface area contributed by atoms with E-state index in [1.165, 1.54) is 12.1 Å². The van der Waals surface area contributed by atoms with Crippen molar-refractivity contribution in [2.75, 3.05) is 0 Å². The van der Waals surface area contributed by atoms with Crippen molar-refractivity contribution in [1.29, 1.82) is 0 Å². The van der Waals surface area contributed by atoms with Gasteiger partial charge in [-0.15, -0.1) is 0 Å². The van der Waals surface area contributed by atoms with Crippen LogP contribution in [0.2, 0.25) is 0 Å². The Morgan fingerprint density at radius 1 is 0.955 bits per heavy atom. The van der Waals surface area contributed by atoms with Crippen LogP contribution in [0.1, 0.15) is 24.5 Å². The average molecular weight is 328 g/mol. The van der Waals surface area contributed by atoms with E-state index in [1.54, 1.807) is 19.9 Å². The fourth-order valence-corrected chi connectivity index (χ4v) is 2.12. The average Bonchev–Trinajstić information content (AvgIpc) is 2.24. The lowest BCUT2D eigenvalue weighted by atomic mass is 9.83.